The standard InChI is InChI=1S/C10H13F3N4S/c1-6-2-4-7(5-3-6)16-17-8(10(11,12)13)14-15-9(17)18/h4,6,16H,2-3,5H2,1H3,(H,15,18). The van der Waals surface area contributed by atoms with Crippen LogP contribution in [0.3, 0.4) is 0 Å². The van der Waals surface area contributed by atoms with Crippen LogP contribution in [0.15, 0.2) is 11.8 Å². The summed E-state index contributed by atoms with van der Waals surface area (Å²) < 4.78 is 38.7. The molecule has 1 aromatic rings. The van der Waals surface area contributed by atoms with E-state index in [0.29, 0.717) is 12.3 Å². The van der Waals surface area contributed by atoms with E-state index in [9.17, 15) is 13.2 Å². The lowest BCUT2D eigenvalue weighted by Gasteiger charge is -2.20. The van der Waals surface area contributed by atoms with Crippen LogP contribution in [0.2, 0.25) is 0 Å². The minimum Gasteiger partial charge on any atom is -0.295 e. The smallest absolute Gasteiger partial charge is 0.295 e. The van der Waals surface area contributed by atoms with Gasteiger partial charge < -0.3 is 0 Å². The summed E-state index contributed by atoms with van der Waals surface area (Å²) >= 11 is 4.79. The monoisotopic (exact) mass is 278 g/mol. The molecule has 18 heavy (non-hydrogen) atoms. The van der Waals surface area contributed by atoms with Crippen LogP contribution < -0.4 is 5.43 Å². The molecule has 0 saturated carbocycles. The van der Waals surface area contributed by atoms with Gasteiger partial charge in [0.1, 0.15) is 0 Å². The third-order valence-electron chi connectivity index (χ3n) is 2.85. The number of rotatable bonds is 2. The molecule has 0 bridgehead atoms. The van der Waals surface area contributed by atoms with Crippen molar-refractivity contribution in [2.24, 2.45) is 5.92 Å². The van der Waals surface area contributed by atoms with Crippen LogP contribution in [-0.4, -0.2) is 14.9 Å². The van der Waals surface area contributed by atoms with E-state index in [0.717, 1.165) is 23.2 Å². The van der Waals surface area contributed by atoms with E-state index in [1.165, 1.54) is 0 Å². The normalized spacial score (nSPS) is 20.7. The van der Waals surface area contributed by atoms with Crippen molar-refractivity contribution in [1.82, 2.24) is 14.9 Å². The van der Waals surface area contributed by atoms with E-state index in [4.69, 9.17) is 12.2 Å². The van der Waals surface area contributed by atoms with Gasteiger partial charge in [-0.2, -0.15) is 13.2 Å². The molecule has 4 nitrogen and oxygen atoms in total. The van der Waals surface area contributed by atoms with Crippen molar-refractivity contribution in [2.45, 2.75) is 32.4 Å². The summed E-state index contributed by atoms with van der Waals surface area (Å²) in [5.41, 5.74) is 3.43. The van der Waals surface area contributed by atoms with Gasteiger partial charge in [-0.05, 0) is 37.4 Å². The fraction of sp³-hybridized carbons (Fsp3) is 0.600. The maximum absolute atomic E-state index is 12.7. The molecular weight excluding hydrogens is 265 g/mol. The Morgan fingerprint density at radius 1 is 1.56 bits per heavy atom. The molecule has 1 aliphatic carbocycles. The van der Waals surface area contributed by atoms with Crippen LogP contribution in [0.5, 0.6) is 0 Å². The minimum atomic E-state index is -4.54. The molecule has 0 aliphatic heterocycles. The SMILES string of the molecule is CC1CC=C(Nn2c(C(F)(F)F)n[nH]c2=S)CC1. The lowest BCUT2D eigenvalue weighted by Crippen LogP contribution is -2.24. The first-order valence-corrected chi connectivity index (χ1v) is 5.99. The fourth-order valence-corrected chi connectivity index (χ4v) is 1.98. The predicted molar refractivity (Wildman–Crippen MR) is 62.9 cm³/mol. The second-order valence-electron chi connectivity index (χ2n) is 4.41. The van der Waals surface area contributed by atoms with Gasteiger partial charge in [0.05, 0.1) is 0 Å². The van der Waals surface area contributed by atoms with Gasteiger partial charge in [0.25, 0.3) is 5.82 Å². The van der Waals surface area contributed by atoms with Crippen LogP contribution in [0, 0.1) is 10.7 Å². The molecule has 0 fully saturated rings. The first kappa shape index (κ1) is 13.1. The van der Waals surface area contributed by atoms with E-state index in [1.54, 1.807) is 0 Å². The number of hydrogen-bond donors (Lipinski definition) is 2. The molecule has 1 heterocycles. The molecule has 0 aromatic carbocycles. The van der Waals surface area contributed by atoms with Gasteiger partial charge >= 0.3 is 6.18 Å². The Hall–Kier alpha value is -1.31. The highest BCUT2D eigenvalue weighted by atomic mass is 32.1. The molecule has 8 heteroatoms. The summed E-state index contributed by atoms with van der Waals surface area (Å²) in [4.78, 5) is 0. The van der Waals surface area contributed by atoms with E-state index < -0.39 is 12.0 Å². The van der Waals surface area contributed by atoms with E-state index in [2.05, 4.69) is 22.5 Å². The zero-order valence-electron chi connectivity index (χ0n) is 9.71. The zero-order valence-corrected chi connectivity index (χ0v) is 10.5. The van der Waals surface area contributed by atoms with Crippen molar-refractivity contribution in [3.63, 3.8) is 0 Å². The van der Waals surface area contributed by atoms with Gasteiger partial charge in [-0.25, -0.2) is 9.77 Å². The second-order valence-corrected chi connectivity index (χ2v) is 4.79. The third kappa shape index (κ3) is 2.74. The first-order valence-electron chi connectivity index (χ1n) is 5.58. The summed E-state index contributed by atoms with van der Waals surface area (Å²) in [6.45, 7) is 2.11. The zero-order chi connectivity index (χ0) is 13.3. The van der Waals surface area contributed by atoms with Gasteiger partial charge in [-0.15, -0.1) is 5.10 Å². The Morgan fingerprint density at radius 2 is 2.28 bits per heavy atom. The van der Waals surface area contributed by atoms with Crippen molar-refractivity contribution in [3.05, 3.63) is 22.4 Å². The number of allylic oxidation sites excluding steroid dienone is 2. The molecular formula is C10H13F3N4S. The maximum atomic E-state index is 12.7. The highest BCUT2D eigenvalue weighted by molar-refractivity contribution is 7.71. The lowest BCUT2D eigenvalue weighted by molar-refractivity contribution is -0.146. The van der Waals surface area contributed by atoms with Gasteiger partial charge in [0.15, 0.2) is 0 Å². The molecule has 1 unspecified atom stereocenters. The minimum absolute atomic E-state index is 0.0955. The van der Waals surface area contributed by atoms with Gasteiger partial charge in [0.2, 0.25) is 4.77 Å². The lowest BCUT2D eigenvalue weighted by atomic mass is 9.95. The van der Waals surface area contributed by atoms with Crippen LogP contribution in [0.25, 0.3) is 0 Å². The third-order valence-corrected chi connectivity index (χ3v) is 3.13. The molecule has 1 atom stereocenters. The predicted octanol–water partition coefficient (Wildman–Crippen LogP) is 3.21. The summed E-state index contributed by atoms with van der Waals surface area (Å²) in [7, 11) is 0. The molecule has 0 saturated heterocycles. The number of aromatic amines is 1. The average molecular weight is 278 g/mol. The molecule has 0 spiro atoms. The summed E-state index contributed by atoms with van der Waals surface area (Å²) in [5.74, 6) is -0.498. The van der Waals surface area contributed by atoms with Crippen molar-refractivity contribution < 1.29 is 13.2 Å². The number of nitrogens with one attached hydrogen (secondary N) is 2. The average Bonchev–Trinajstić information content (AvgIpc) is 2.63. The highest BCUT2D eigenvalue weighted by Crippen LogP contribution is 2.28. The first-order chi connectivity index (χ1) is 8.38. The molecule has 100 valence electrons. The van der Waals surface area contributed by atoms with Crippen LogP contribution >= 0.6 is 12.2 Å². The quantitative estimate of drug-likeness (QED) is 0.817. The van der Waals surface area contributed by atoms with E-state index >= 15 is 0 Å². The maximum Gasteiger partial charge on any atom is 0.453 e. The Kier molecular flexibility index (Phi) is 3.47. The van der Waals surface area contributed by atoms with Crippen molar-refractivity contribution >= 4 is 12.2 Å². The van der Waals surface area contributed by atoms with Gasteiger partial charge in [0, 0.05) is 5.70 Å². The molecule has 1 aromatic heterocycles. The Labute approximate surface area is 107 Å². The van der Waals surface area contributed by atoms with Crippen molar-refractivity contribution in [1.29, 1.82) is 0 Å². The molecule has 1 aliphatic rings. The summed E-state index contributed by atoms with van der Waals surface area (Å²) in [6.07, 6.45) is -0.113. The molecule has 0 amide bonds. The molecule has 2 rings (SSSR count). The Balaban J connectivity index is 2.24. The number of halogens is 3. The largest absolute Gasteiger partial charge is 0.453 e. The number of nitrogens with zero attached hydrogens (tertiary/aromatic N) is 2. The van der Waals surface area contributed by atoms with Crippen molar-refractivity contribution in [2.75, 3.05) is 5.43 Å². The second kappa shape index (κ2) is 4.75. The highest BCUT2D eigenvalue weighted by Gasteiger charge is 2.37. The van der Waals surface area contributed by atoms with E-state index in [-0.39, 0.29) is 4.77 Å². The van der Waals surface area contributed by atoms with Gasteiger partial charge in [-0.3, -0.25) is 5.43 Å². The van der Waals surface area contributed by atoms with E-state index in [1.807, 2.05) is 6.08 Å². The molecule has 2 N–H and O–H groups in total. The van der Waals surface area contributed by atoms with Crippen LogP contribution in [-0.2, 0) is 6.18 Å². The number of aromatic nitrogens is 3. The van der Waals surface area contributed by atoms with Crippen LogP contribution in [0.4, 0.5) is 13.2 Å². The number of alkyl halides is 3. The van der Waals surface area contributed by atoms with Crippen LogP contribution in [0.1, 0.15) is 32.0 Å². The summed E-state index contributed by atoms with van der Waals surface area (Å²) in [6, 6.07) is 0. The number of H-pyrrole nitrogens is 1. The fourth-order valence-electron chi connectivity index (χ4n) is 1.80. The van der Waals surface area contributed by atoms with Crippen molar-refractivity contribution in [3.8, 4) is 0 Å². The van der Waals surface area contributed by atoms with Gasteiger partial charge in [-0.1, -0.05) is 13.0 Å². The molecule has 0 radical (unpaired) electrons. The number of hydrogen-bond acceptors (Lipinski definition) is 3. The summed E-state index contributed by atoms with van der Waals surface area (Å²) in [5, 5.41) is 5.35. The topological polar surface area (TPSA) is 45.6 Å². The Bertz CT molecular complexity index is 514. The Morgan fingerprint density at radius 3 is 2.83 bits per heavy atom.